The number of thioether (sulfide) groups is 1. The van der Waals surface area contributed by atoms with Crippen LogP contribution in [0.1, 0.15) is 26.7 Å². The molecule has 0 aromatic heterocycles. The first-order chi connectivity index (χ1) is 10.9. The van der Waals surface area contributed by atoms with E-state index < -0.39 is 5.97 Å². The highest BCUT2D eigenvalue weighted by molar-refractivity contribution is 8.01. The largest absolute Gasteiger partial charge is 0.477 e. The first-order valence-corrected chi connectivity index (χ1v) is 8.78. The second-order valence-corrected chi connectivity index (χ2v) is 7.87. The fourth-order valence-corrected chi connectivity index (χ4v) is 5.06. The zero-order valence-electron chi connectivity index (χ0n) is 13.2. The van der Waals surface area contributed by atoms with Crippen LogP contribution in [-0.2, 0) is 14.3 Å². The molecular formula is C15H21N3O4S. The van der Waals surface area contributed by atoms with Crippen LogP contribution in [0.2, 0.25) is 0 Å². The number of aliphatic carboxylic acids is 1. The van der Waals surface area contributed by atoms with E-state index in [1.807, 2.05) is 11.8 Å². The van der Waals surface area contributed by atoms with Gasteiger partial charge < -0.3 is 14.7 Å². The lowest BCUT2D eigenvalue weighted by atomic mass is 9.89. The minimum absolute atomic E-state index is 0.178. The van der Waals surface area contributed by atoms with Crippen molar-refractivity contribution in [3.8, 4) is 0 Å². The van der Waals surface area contributed by atoms with Gasteiger partial charge in [-0.3, -0.25) is 15.2 Å². The van der Waals surface area contributed by atoms with E-state index in [0.717, 1.165) is 19.5 Å². The van der Waals surface area contributed by atoms with Gasteiger partial charge in [0.05, 0.1) is 17.1 Å². The van der Waals surface area contributed by atoms with Gasteiger partial charge in [0, 0.05) is 18.3 Å². The Morgan fingerprint density at radius 2 is 2.26 bits per heavy atom. The number of amidine groups is 1. The van der Waals surface area contributed by atoms with Crippen LogP contribution in [0.3, 0.4) is 0 Å². The van der Waals surface area contributed by atoms with E-state index in [0.29, 0.717) is 17.5 Å². The molecule has 2 fully saturated rings. The summed E-state index contributed by atoms with van der Waals surface area (Å²) in [6.07, 6.45) is 1.34. The van der Waals surface area contributed by atoms with E-state index in [2.05, 4.69) is 4.99 Å². The van der Waals surface area contributed by atoms with Crippen LogP contribution in [-0.4, -0.2) is 69.2 Å². The zero-order valence-corrected chi connectivity index (χ0v) is 14.0. The zero-order chi connectivity index (χ0) is 16.7. The molecule has 0 radical (unpaired) electrons. The minimum Gasteiger partial charge on any atom is -0.477 e. The molecule has 3 aliphatic rings. The van der Waals surface area contributed by atoms with E-state index in [4.69, 9.17) is 10.1 Å². The quantitative estimate of drug-likeness (QED) is 0.450. The third-order valence-corrected chi connectivity index (χ3v) is 6.27. The number of likely N-dealkylation sites (tertiary alicyclic amines) is 1. The Labute approximate surface area is 139 Å². The number of hydrogen-bond acceptors (Lipinski definition) is 6. The standard InChI is InChI=1S/C15H21N3O4S/c1-7-12(15(21)22-7)10-5-11(13(17-10)14(19)20)23-9-3-4-18(6-9)8(2)16/h7,9-12,16H,3-6H2,1-2H3,(H,19,20)/t7-,9+,10-,11?,12-/m1/s1. The first-order valence-electron chi connectivity index (χ1n) is 7.84. The molecule has 0 aromatic carbocycles. The van der Waals surface area contributed by atoms with Gasteiger partial charge in [0.15, 0.2) is 0 Å². The number of carbonyl (C=O) groups excluding carboxylic acids is 1. The Bertz CT molecular complexity index is 579. The maximum Gasteiger partial charge on any atom is 0.350 e. The third-order valence-electron chi connectivity index (χ3n) is 4.76. The Kier molecular flexibility index (Phi) is 4.35. The Morgan fingerprint density at radius 1 is 1.52 bits per heavy atom. The fourth-order valence-electron chi connectivity index (χ4n) is 3.49. The second-order valence-electron chi connectivity index (χ2n) is 6.36. The van der Waals surface area contributed by atoms with Gasteiger partial charge in [-0.25, -0.2) is 4.79 Å². The summed E-state index contributed by atoms with van der Waals surface area (Å²) in [5.41, 5.74) is 0.178. The summed E-state index contributed by atoms with van der Waals surface area (Å²) in [5.74, 6) is -1.02. The van der Waals surface area contributed by atoms with E-state index in [-0.39, 0.29) is 35.0 Å². The van der Waals surface area contributed by atoms with Crippen molar-refractivity contribution in [3.63, 3.8) is 0 Å². The number of carboxylic acid groups (broad SMARTS) is 1. The maximum absolute atomic E-state index is 11.6. The molecule has 0 aromatic rings. The summed E-state index contributed by atoms with van der Waals surface area (Å²) in [4.78, 5) is 29.4. The van der Waals surface area contributed by atoms with Crippen LogP contribution in [0, 0.1) is 11.3 Å². The van der Waals surface area contributed by atoms with Crippen LogP contribution in [0.4, 0.5) is 0 Å². The number of cyclic esters (lactones) is 1. The lowest BCUT2D eigenvalue weighted by molar-refractivity contribution is -0.183. The molecule has 2 N–H and O–H groups in total. The molecule has 7 nitrogen and oxygen atoms in total. The SMILES string of the molecule is CC(=N)N1CC[C@H](SC2C[C@H]([C@@H]3C(=O)O[C@@H]3C)N=C2C(=O)O)C1. The van der Waals surface area contributed by atoms with Gasteiger partial charge >= 0.3 is 11.9 Å². The monoisotopic (exact) mass is 339 g/mol. The number of nitrogens with zero attached hydrogens (tertiary/aromatic N) is 2. The predicted molar refractivity (Wildman–Crippen MR) is 87.3 cm³/mol. The highest BCUT2D eigenvalue weighted by Gasteiger charge is 2.49. The third kappa shape index (κ3) is 3.08. The van der Waals surface area contributed by atoms with Crippen LogP contribution in [0.15, 0.2) is 4.99 Å². The number of aliphatic imine (C=N–C) groups is 1. The molecule has 23 heavy (non-hydrogen) atoms. The van der Waals surface area contributed by atoms with E-state index in [1.54, 1.807) is 18.7 Å². The van der Waals surface area contributed by atoms with Crippen LogP contribution >= 0.6 is 11.8 Å². The summed E-state index contributed by atoms with van der Waals surface area (Å²) < 4.78 is 4.98. The molecule has 0 amide bonds. The van der Waals surface area contributed by atoms with E-state index in [9.17, 15) is 14.7 Å². The molecule has 5 atom stereocenters. The van der Waals surface area contributed by atoms with Gasteiger partial charge in [-0.1, -0.05) is 0 Å². The topological polar surface area (TPSA) is 103 Å². The Hall–Kier alpha value is -1.57. The number of esters is 1. The smallest absolute Gasteiger partial charge is 0.350 e. The van der Waals surface area contributed by atoms with Gasteiger partial charge in [0.1, 0.15) is 17.7 Å². The van der Waals surface area contributed by atoms with Gasteiger partial charge in [0.2, 0.25) is 0 Å². The number of nitrogens with one attached hydrogen (secondary N) is 1. The normalized spacial score (nSPS) is 36.4. The minimum atomic E-state index is -0.997. The molecule has 3 heterocycles. The Morgan fingerprint density at radius 3 is 2.78 bits per heavy atom. The summed E-state index contributed by atoms with van der Waals surface area (Å²) >= 11 is 1.63. The average molecular weight is 339 g/mol. The molecule has 8 heteroatoms. The summed E-state index contributed by atoms with van der Waals surface area (Å²) in [6.45, 7) is 5.21. The van der Waals surface area contributed by atoms with Crippen molar-refractivity contribution in [1.82, 2.24) is 4.90 Å². The molecule has 126 valence electrons. The molecule has 0 saturated carbocycles. The van der Waals surface area contributed by atoms with E-state index >= 15 is 0 Å². The van der Waals surface area contributed by atoms with Gasteiger partial charge in [-0.15, -0.1) is 11.8 Å². The summed E-state index contributed by atoms with van der Waals surface area (Å²) in [5, 5.41) is 17.2. The molecule has 0 aliphatic carbocycles. The molecular weight excluding hydrogens is 318 g/mol. The predicted octanol–water partition coefficient (Wildman–Crippen LogP) is 1.02. The lowest BCUT2D eigenvalue weighted by Gasteiger charge is -2.35. The van der Waals surface area contributed by atoms with Gasteiger partial charge in [-0.2, -0.15) is 0 Å². The van der Waals surface area contributed by atoms with Crippen molar-refractivity contribution in [2.24, 2.45) is 10.9 Å². The molecule has 3 aliphatic heterocycles. The fraction of sp³-hybridized carbons (Fsp3) is 0.733. The van der Waals surface area contributed by atoms with Crippen LogP contribution in [0.5, 0.6) is 0 Å². The summed E-state index contributed by atoms with van der Waals surface area (Å²) in [7, 11) is 0. The molecule has 1 unspecified atom stereocenters. The van der Waals surface area contributed by atoms with Crippen molar-refractivity contribution in [3.05, 3.63) is 0 Å². The van der Waals surface area contributed by atoms with E-state index in [1.165, 1.54) is 0 Å². The number of carbonyl (C=O) groups is 2. The van der Waals surface area contributed by atoms with Crippen molar-refractivity contribution in [2.45, 2.75) is 49.3 Å². The lowest BCUT2D eigenvalue weighted by Crippen LogP contribution is -2.49. The van der Waals surface area contributed by atoms with Crippen molar-refractivity contribution >= 4 is 35.2 Å². The molecule has 0 spiro atoms. The highest BCUT2D eigenvalue weighted by atomic mass is 32.2. The number of ether oxygens (including phenoxy) is 1. The molecule has 2 saturated heterocycles. The molecule has 0 bridgehead atoms. The van der Waals surface area contributed by atoms with Crippen molar-refractivity contribution < 1.29 is 19.4 Å². The summed E-state index contributed by atoms with van der Waals surface area (Å²) in [6, 6.07) is -0.281. The number of hydrogen-bond donors (Lipinski definition) is 2. The average Bonchev–Trinajstić information content (AvgIpc) is 3.06. The first kappa shape index (κ1) is 16.3. The van der Waals surface area contributed by atoms with Crippen molar-refractivity contribution in [2.75, 3.05) is 13.1 Å². The van der Waals surface area contributed by atoms with Crippen LogP contribution in [0.25, 0.3) is 0 Å². The second kappa shape index (κ2) is 6.14. The van der Waals surface area contributed by atoms with Crippen molar-refractivity contribution in [1.29, 1.82) is 5.41 Å². The van der Waals surface area contributed by atoms with Gasteiger partial charge in [0.25, 0.3) is 0 Å². The van der Waals surface area contributed by atoms with Gasteiger partial charge in [-0.05, 0) is 26.7 Å². The maximum atomic E-state index is 11.6. The molecule has 3 rings (SSSR count). The highest BCUT2D eigenvalue weighted by Crippen LogP contribution is 2.39. The number of rotatable bonds is 4. The van der Waals surface area contributed by atoms with Crippen LogP contribution < -0.4 is 0 Å². The number of carboxylic acids is 1. The Balaban J connectivity index is 1.65.